The van der Waals surface area contributed by atoms with Crippen molar-refractivity contribution in [3.05, 3.63) is 191 Å². The van der Waals surface area contributed by atoms with Gasteiger partial charge in [-0.05, 0) is 50.6 Å². The molecule has 1 aliphatic carbocycles. The summed E-state index contributed by atoms with van der Waals surface area (Å²) in [5.41, 5.74) is 7.39. The Morgan fingerprint density at radius 2 is 0.865 bits per heavy atom. The Morgan fingerprint density at radius 1 is 0.378 bits per heavy atom. The third-order valence-corrected chi connectivity index (χ3v) is 8.45. The Bertz CT molecular complexity index is 1640. The van der Waals surface area contributed by atoms with Crippen LogP contribution in [0.3, 0.4) is 0 Å². The fraction of sp³-hybridized carbons (Fsp3) is 0.0811. The second-order valence-electron chi connectivity index (χ2n) is 10.1. The van der Waals surface area contributed by atoms with Gasteiger partial charge >= 0.3 is 0 Å². The zero-order valence-electron chi connectivity index (χ0n) is 20.7. The molecule has 0 spiro atoms. The van der Waals surface area contributed by atoms with Crippen LogP contribution in [0.4, 0.5) is 0 Å². The van der Waals surface area contributed by atoms with Gasteiger partial charge < -0.3 is 0 Å². The van der Waals surface area contributed by atoms with Gasteiger partial charge in [-0.1, -0.05) is 158 Å². The third kappa shape index (κ3) is 3.02. The predicted octanol–water partition coefficient (Wildman–Crippen LogP) is 8.72. The minimum atomic E-state index is -0.419. The highest BCUT2D eigenvalue weighted by molar-refractivity contribution is 5.89. The van der Waals surface area contributed by atoms with E-state index in [-0.39, 0.29) is 5.41 Å². The molecule has 0 heteroatoms. The zero-order chi connectivity index (χ0) is 24.7. The first-order valence-electron chi connectivity index (χ1n) is 13.1. The molecule has 1 aliphatic rings. The van der Waals surface area contributed by atoms with E-state index in [0.717, 1.165) is 6.42 Å². The minimum Gasteiger partial charge on any atom is -0.0622 e. The molecule has 0 fully saturated rings. The van der Waals surface area contributed by atoms with Crippen molar-refractivity contribution < 1.29 is 0 Å². The van der Waals surface area contributed by atoms with Crippen molar-refractivity contribution in [1.82, 2.24) is 0 Å². The van der Waals surface area contributed by atoms with E-state index in [0.29, 0.717) is 0 Å². The van der Waals surface area contributed by atoms with Crippen molar-refractivity contribution in [3.63, 3.8) is 0 Å². The molecule has 6 aromatic carbocycles. The lowest BCUT2D eigenvalue weighted by Gasteiger charge is -2.49. The number of hydrogen-bond acceptors (Lipinski definition) is 0. The molecule has 0 heterocycles. The normalized spacial score (nSPS) is 17.9. The molecule has 0 saturated heterocycles. The summed E-state index contributed by atoms with van der Waals surface area (Å²) in [5, 5.41) is 2.60. The van der Waals surface area contributed by atoms with Gasteiger partial charge in [0.2, 0.25) is 0 Å². The van der Waals surface area contributed by atoms with E-state index in [1.807, 2.05) is 0 Å². The molecule has 0 nitrogen and oxygen atoms in total. The topological polar surface area (TPSA) is 0 Å². The molecule has 0 aromatic heterocycles. The lowest BCUT2D eigenvalue weighted by atomic mass is 9.51. The number of benzene rings is 6. The highest BCUT2D eigenvalue weighted by Crippen LogP contribution is 2.63. The Morgan fingerprint density at radius 3 is 1.54 bits per heavy atom. The van der Waals surface area contributed by atoms with Crippen molar-refractivity contribution in [3.8, 4) is 0 Å². The average Bonchev–Trinajstić information content (AvgIpc) is 3.31. The first-order chi connectivity index (χ1) is 18.4. The lowest BCUT2D eigenvalue weighted by Crippen LogP contribution is -2.49. The summed E-state index contributed by atoms with van der Waals surface area (Å²) in [6, 6.07) is 58.4. The van der Waals surface area contributed by atoms with Gasteiger partial charge in [-0.3, -0.25) is 0 Å². The second kappa shape index (κ2) is 8.61. The van der Waals surface area contributed by atoms with Crippen molar-refractivity contribution in [2.75, 3.05) is 0 Å². The van der Waals surface area contributed by atoms with Gasteiger partial charge in [0.15, 0.2) is 0 Å². The molecule has 1 atom stereocenters. The molecule has 0 radical (unpaired) electrons. The summed E-state index contributed by atoms with van der Waals surface area (Å²) in [7, 11) is 0. The van der Waals surface area contributed by atoms with Crippen LogP contribution in [-0.2, 0) is 17.3 Å². The van der Waals surface area contributed by atoms with Gasteiger partial charge in [-0.2, -0.15) is 0 Å². The molecule has 7 rings (SSSR count). The van der Waals surface area contributed by atoms with Gasteiger partial charge in [-0.25, -0.2) is 0 Å². The van der Waals surface area contributed by atoms with Gasteiger partial charge in [0.05, 0.1) is 5.41 Å². The van der Waals surface area contributed by atoms with Gasteiger partial charge in [0, 0.05) is 5.41 Å². The smallest absolute Gasteiger partial charge is 0.0594 e. The summed E-state index contributed by atoms with van der Waals surface area (Å²) >= 11 is 0. The van der Waals surface area contributed by atoms with Crippen LogP contribution in [0.25, 0.3) is 10.8 Å². The second-order valence-corrected chi connectivity index (χ2v) is 10.1. The van der Waals surface area contributed by atoms with E-state index in [2.05, 4.69) is 158 Å². The average molecular weight is 473 g/mol. The molecular formula is C37H28. The molecular weight excluding hydrogens is 444 g/mol. The van der Waals surface area contributed by atoms with E-state index in [1.165, 1.54) is 44.2 Å². The number of fused-ring (bicyclic) bond motifs is 2. The predicted molar refractivity (Wildman–Crippen MR) is 154 cm³/mol. The van der Waals surface area contributed by atoms with Gasteiger partial charge in [0.25, 0.3) is 0 Å². The zero-order valence-corrected chi connectivity index (χ0v) is 20.7. The molecule has 0 N–H and O–H groups in total. The number of rotatable bonds is 4. The van der Waals surface area contributed by atoms with Crippen LogP contribution < -0.4 is 0 Å². The summed E-state index contributed by atoms with van der Waals surface area (Å²) in [6.07, 6.45) is 0.922. The molecule has 0 saturated carbocycles. The van der Waals surface area contributed by atoms with Crippen LogP contribution in [0.15, 0.2) is 158 Å². The largest absolute Gasteiger partial charge is 0.0622 e. The maximum Gasteiger partial charge on any atom is 0.0594 e. The number of hydrogen-bond donors (Lipinski definition) is 0. The quantitative estimate of drug-likeness (QED) is 0.241. The van der Waals surface area contributed by atoms with Gasteiger partial charge in [0.1, 0.15) is 0 Å². The van der Waals surface area contributed by atoms with Crippen molar-refractivity contribution in [2.45, 2.75) is 17.3 Å². The summed E-state index contributed by atoms with van der Waals surface area (Å²) in [4.78, 5) is 0. The van der Waals surface area contributed by atoms with E-state index < -0.39 is 5.41 Å². The van der Waals surface area contributed by atoms with Crippen LogP contribution in [0.1, 0.15) is 33.4 Å². The summed E-state index contributed by atoms with van der Waals surface area (Å²) in [5.74, 6) is 0. The van der Waals surface area contributed by atoms with Crippen LogP contribution in [-0.4, -0.2) is 0 Å². The van der Waals surface area contributed by atoms with Gasteiger partial charge in [-0.15, -0.1) is 0 Å². The Hall–Kier alpha value is -4.42. The molecule has 37 heavy (non-hydrogen) atoms. The van der Waals surface area contributed by atoms with Crippen LogP contribution in [0.5, 0.6) is 0 Å². The maximum atomic E-state index is 2.38. The van der Waals surface area contributed by atoms with Crippen molar-refractivity contribution in [2.24, 2.45) is 0 Å². The molecule has 6 aromatic rings. The molecule has 0 amide bonds. The monoisotopic (exact) mass is 472 g/mol. The van der Waals surface area contributed by atoms with E-state index in [1.54, 1.807) is 0 Å². The van der Waals surface area contributed by atoms with Crippen LogP contribution >= 0.6 is 0 Å². The summed E-state index contributed by atoms with van der Waals surface area (Å²) in [6.45, 7) is 0. The molecule has 176 valence electrons. The SMILES string of the molecule is c1ccc(C2(c3cccc4ccccc34)Cc3ccccc3C2(c2ccccc2)c2ccccc2)cc1. The van der Waals surface area contributed by atoms with Crippen LogP contribution in [0.2, 0.25) is 0 Å². The highest BCUT2D eigenvalue weighted by Gasteiger charge is 2.61. The fourth-order valence-corrected chi connectivity index (χ4v) is 7.13. The first-order valence-corrected chi connectivity index (χ1v) is 13.1. The Labute approximate surface area is 218 Å². The van der Waals surface area contributed by atoms with Crippen LogP contribution in [0, 0.1) is 0 Å². The fourth-order valence-electron chi connectivity index (χ4n) is 7.13. The highest BCUT2D eigenvalue weighted by atomic mass is 14.6. The van der Waals surface area contributed by atoms with E-state index in [4.69, 9.17) is 0 Å². The lowest BCUT2D eigenvalue weighted by molar-refractivity contribution is 0.393. The molecule has 1 unspecified atom stereocenters. The van der Waals surface area contributed by atoms with E-state index >= 15 is 0 Å². The molecule has 0 bridgehead atoms. The van der Waals surface area contributed by atoms with E-state index in [9.17, 15) is 0 Å². The van der Waals surface area contributed by atoms with Crippen molar-refractivity contribution >= 4 is 10.8 Å². The third-order valence-electron chi connectivity index (χ3n) is 8.45. The minimum absolute atomic E-state index is 0.360. The Balaban J connectivity index is 1.75. The standard InChI is InChI=1S/C37H28/c1-4-18-30(19-5-1)36(35-26-14-17-28-15-10-12-24-33(28)35)27-29-16-11-13-25-34(29)37(36,31-20-6-2-7-21-31)32-22-8-3-9-23-32/h1-26H,27H2. The van der Waals surface area contributed by atoms with Crippen molar-refractivity contribution in [1.29, 1.82) is 0 Å². The molecule has 0 aliphatic heterocycles. The maximum absolute atomic E-state index is 2.38. The summed E-state index contributed by atoms with van der Waals surface area (Å²) < 4.78 is 0. The Kier molecular flexibility index (Phi) is 5.08. The first kappa shape index (κ1) is 21.8.